The molecule has 2 atom stereocenters. The van der Waals surface area contributed by atoms with Gasteiger partial charge in [-0.25, -0.2) is 4.39 Å². The van der Waals surface area contributed by atoms with Gasteiger partial charge in [0.2, 0.25) is 0 Å². The van der Waals surface area contributed by atoms with Crippen LogP contribution in [0.25, 0.3) is 0 Å². The molecule has 0 radical (unpaired) electrons. The summed E-state index contributed by atoms with van der Waals surface area (Å²) in [6.07, 6.45) is 4.45. The summed E-state index contributed by atoms with van der Waals surface area (Å²) in [6.45, 7) is 0.528. The van der Waals surface area contributed by atoms with Crippen LogP contribution in [0.3, 0.4) is 0 Å². The molecule has 1 fully saturated rings. The minimum Gasteiger partial charge on any atom is -0.491 e. The molecule has 1 heterocycles. The van der Waals surface area contributed by atoms with E-state index < -0.39 is 0 Å². The van der Waals surface area contributed by atoms with Crippen molar-refractivity contribution in [3.05, 3.63) is 30.1 Å². The summed E-state index contributed by atoms with van der Waals surface area (Å²) >= 11 is 0. The summed E-state index contributed by atoms with van der Waals surface area (Å²) in [5.74, 6) is 6.36. The van der Waals surface area contributed by atoms with Gasteiger partial charge in [-0.05, 0) is 43.5 Å². The number of hydrogen-bond donors (Lipinski definition) is 1. The topological polar surface area (TPSA) is 38.7 Å². The summed E-state index contributed by atoms with van der Waals surface area (Å²) in [7, 11) is 0. The number of aliphatic hydroxyl groups excluding tert-OH is 1. The first-order valence-electron chi connectivity index (χ1n) is 7.41. The fourth-order valence-electron chi connectivity index (χ4n) is 2.26. The minimum absolute atomic E-state index is 0.00554. The van der Waals surface area contributed by atoms with Gasteiger partial charge in [0.25, 0.3) is 0 Å². The second-order valence-corrected chi connectivity index (χ2v) is 5.09. The number of rotatable bonds is 4. The van der Waals surface area contributed by atoms with Gasteiger partial charge in [0.1, 0.15) is 24.3 Å². The zero-order valence-electron chi connectivity index (χ0n) is 12.1. The third-order valence-corrected chi connectivity index (χ3v) is 3.35. The van der Waals surface area contributed by atoms with E-state index in [4.69, 9.17) is 14.6 Å². The fourth-order valence-corrected chi connectivity index (χ4v) is 2.26. The molecule has 114 valence electrons. The van der Waals surface area contributed by atoms with Gasteiger partial charge >= 0.3 is 0 Å². The molecule has 1 aromatic carbocycles. The van der Waals surface area contributed by atoms with Crippen molar-refractivity contribution in [3.8, 4) is 17.6 Å². The normalized spacial score (nSPS) is 22.0. The largest absolute Gasteiger partial charge is 0.491 e. The highest BCUT2D eigenvalue weighted by atomic mass is 19.1. The lowest BCUT2D eigenvalue weighted by atomic mass is 10.1. The first kappa shape index (κ1) is 15.8. The standard InChI is InChI=1S/C17H21FO3/c18-14-8-10-15(11-9-14)20-13-17-7-2-1-5-16(21-17)6-3-4-12-19/h8-11,16-17,19H,1-2,4-5,7,12-13H2/t16-,17-/m0/s1. The Bertz CT molecular complexity index is 475. The van der Waals surface area contributed by atoms with E-state index in [1.54, 1.807) is 12.1 Å². The molecule has 1 aromatic rings. The van der Waals surface area contributed by atoms with Crippen LogP contribution in [0.15, 0.2) is 24.3 Å². The number of benzene rings is 1. The average Bonchev–Trinajstić information content (AvgIpc) is 2.72. The Labute approximate surface area is 125 Å². The molecular weight excluding hydrogens is 271 g/mol. The molecule has 0 aliphatic carbocycles. The molecule has 0 bridgehead atoms. The van der Waals surface area contributed by atoms with E-state index in [-0.39, 0.29) is 24.6 Å². The highest BCUT2D eigenvalue weighted by molar-refractivity contribution is 5.22. The molecular formula is C17H21FO3. The molecule has 21 heavy (non-hydrogen) atoms. The van der Waals surface area contributed by atoms with E-state index in [0.717, 1.165) is 25.7 Å². The van der Waals surface area contributed by atoms with Crippen LogP contribution in [0.1, 0.15) is 32.1 Å². The Kier molecular flexibility index (Phi) is 6.52. The third-order valence-electron chi connectivity index (χ3n) is 3.35. The maximum Gasteiger partial charge on any atom is 0.123 e. The molecule has 0 amide bonds. The second kappa shape index (κ2) is 8.66. The summed E-state index contributed by atoms with van der Waals surface area (Å²) in [6, 6.07) is 5.99. The van der Waals surface area contributed by atoms with E-state index >= 15 is 0 Å². The van der Waals surface area contributed by atoms with Gasteiger partial charge in [-0.1, -0.05) is 18.3 Å². The lowest BCUT2D eigenvalue weighted by molar-refractivity contribution is -0.00472. The SMILES string of the molecule is OCCC#C[C@@H]1CCCC[C@@H](COc2ccc(F)cc2)O1. The molecule has 0 unspecified atom stereocenters. The fraction of sp³-hybridized carbons (Fsp3) is 0.529. The molecule has 0 aromatic heterocycles. The maximum absolute atomic E-state index is 12.8. The monoisotopic (exact) mass is 292 g/mol. The van der Waals surface area contributed by atoms with Gasteiger partial charge < -0.3 is 14.6 Å². The molecule has 1 aliphatic rings. The zero-order valence-corrected chi connectivity index (χ0v) is 12.1. The van der Waals surface area contributed by atoms with E-state index in [1.165, 1.54) is 12.1 Å². The van der Waals surface area contributed by atoms with Crippen LogP contribution in [0.4, 0.5) is 4.39 Å². The Balaban J connectivity index is 1.84. The first-order valence-corrected chi connectivity index (χ1v) is 7.41. The number of ether oxygens (including phenoxy) is 2. The summed E-state index contributed by atoms with van der Waals surface area (Å²) in [4.78, 5) is 0. The van der Waals surface area contributed by atoms with Crippen molar-refractivity contribution in [2.24, 2.45) is 0 Å². The van der Waals surface area contributed by atoms with Crippen LogP contribution < -0.4 is 4.74 Å². The van der Waals surface area contributed by atoms with E-state index in [1.807, 2.05) is 0 Å². The summed E-state index contributed by atoms with van der Waals surface area (Å²) in [5, 5.41) is 8.74. The van der Waals surface area contributed by atoms with Crippen LogP contribution >= 0.6 is 0 Å². The zero-order chi connectivity index (χ0) is 14.9. The van der Waals surface area contributed by atoms with Crippen molar-refractivity contribution in [2.45, 2.75) is 44.3 Å². The predicted octanol–water partition coefficient (Wildman–Crippen LogP) is 2.92. The van der Waals surface area contributed by atoms with Crippen LogP contribution in [0, 0.1) is 17.7 Å². The highest BCUT2D eigenvalue weighted by Gasteiger charge is 2.19. The average molecular weight is 292 g/mol. The van der Waals surface area contributed by atoms with E-state index in [0.29, 0.717) is 18.8 Å². The van der Waals surface area contributed by atoms with E-state index in [2.05, 4.69) is 11.8 Å². The van der Waals surface area contributed by atoms with E-state index in [9.17, 15) is 4.39 Å². The first-order chi connectivity index (χ1) is 10.3. The van der Waals surface area contributed by atoms with Crippen molar-refractivity contribution in [1.82, 2.24) is 0 Å². The van der Waals surface area contributed by atoms with Gasteiger partial charge in [-0.3, -0.25) is 0 Å². The van der Waals surface area contributed by atoms with Crippen LogP contribution in [0.5, 0.6) is 5.75 Å². The third kappa shape index (κ3) is 5.74. The quantitative estimate of drug-likeness (QED) is 0.867. The Hall–Kier alpha value is -1.57. The molecule has 0 spiro atoms. The minimum atomic E-state index is -0.271. The van der Waals surface area contributed by atoms with Crippen molar-refractivity contribution in [3.63, 3.8) is 0 Å². The van der Waals surface area contributed by atoms with Gasteiger partial charge in [0.05, 0.1) is 12.7 Å². The molecule has 1 aliphatic heterocycles. The lowest BCUT2D eigenvalue weighted by Gasteiger charge is -2.18. The highest BCUT2D eigenvalue weighted by Crippen LogP contribution is 2.20. The van der Waals surface area contributed by atoms with Crippen molar-refractivity contribution in [2.75, 3.05) is 13.2 Å². The Morgan fingerprint density at radius 3 is 2.76 bits per heavy atom. The summed E-state index contributed by atoms with van der Waals surface area (Å²) < 4.78 is 24.4. The van der Waals surface area contributed by atoms with Gasteiger partial charge in [-0.15, -0.1) is 0 Å². The van der Waals surface area contributed by atoms with Crippen molar-refractivity contribution >= 4 is 0 Å². The van der Waals surface area contributed by atoms with Crippen molar-refractivity contribution in [1.29, 1.82) is 0 Å². The molecule has 4 heteroatoms. The maximum atomic E-state index is 12.8. The molecule has 2 rings (SSSR count). The van der Waals surface area contributed by atoms with Gasteiger partial charge in [0.15, 0.2) is 0 Å². The molecule has 1 N–H and O–H groups in total. The second-order valence-electron chi connectivity index (χ2n) is 5.09. The van der Waals surface area contributed by atoms with Crippen LogP contribution in [0.2, 0.25) is 0 Å². The van der Waals surface area contributed by atoms with Crippen LogP contribution in [-0.4, -0.2) is 30.5 Å². The smallest absolute Gasteiger partial charge is 0.123 e. The molecule has 0 saturated carbocycles. The molecule has 3 nitrogen and oxygen atoms in total. The van der Waals surface area contributed by atoms with Crippen LogP contribution in [-0.2, 0) is 4.74 Å². The predicted molar refractivity (Wildman–Crippen MR) is 78.5 cm³/mol. The molecule has 1 saturated heterocycles. The van der Waals surface area contributed by atoms with Gasteiger partial charge in [-0.2, -0.15) is 0 Å². The van der Waals surface area contributed by atoms with Crippen molar-refractivity contribution < 1.29 is 19.0 Å². The summed E-state index contributed by atoms with van der Waals surface area (Å²) in [5.41, 5.74) is 0. The van der Waals surface area contributed by atoms with Gasteiger partial charge in [0, 0.05) is 6.42 Å². The number of hydrogen-bond acceptors (Lipinski definition) is 3. The number of halogens is 1. The Morgan fingerprint density at radius 2 is 2.00 bits per heavy atom. The Morgan fingerprint density at radius 1 is 1.24 bits per heavy atom. The number of aliphatic hydroxyl groups is 1. The lowest BCUT2D eigenvalue weighted by Crippen LogP contribution is -2.25.